The fourth-order valence-electron chi connectivity index (χ4n) is 2.42. The van der Waals surface area contributed by atoms with E-state index < -0.39 is 0 Å². The van der Waals surface area contributed by atoms with Gasteiger partial charge in [-0.25, -0.2) is 4.39 Å². The van der Waals surface area contributed by atoms with Crippen molar-refractivity contribution >= 4 is 17.8 Å². The average Bonchev–Trinajstić information content (AvgIpc) is 3.29. The lowest BCUT2D eigenvalue weighted by atomic mass is 10.0. The molecule has 1 aromatic heterocycles. The van der Waals surface area contributed by atoms with Crippen LogP contribution in [0.5, 0.6) is 0 Å². The van der Waals surface area contributed by atoms with Crippen LogP contribution in [0.2, 0.25) is 0 Å². The summed E-state index contributed by atoms with van der Waals surface area (Å²) < 4.78 is 13.2. The van der Waals surface area contributed by atoms with E-state index >= 15 is 0 Å². The van der Waals surface area contributed by atoms with Crippen LogP contribution in [-0.2, 0) is 0 Å². The summed E-state index contributed by atoms with van der Waals surface area (Å²) in [5, 5.41) is 3.22. The van der Waals surface area contributed by atoms with Gasteiger partial charge in [-0.2, -0.15) is 0 Å². The highest BCUT2D eigenvalue weighted by molar-refractivity contribution is 5.78. The fraction of sp³-hybridized carbons (Fsp3) is 0.235. The molecule has 2 aromatic rings. The molecule has 0 bridgehead atoms. The van der Waals surface area contributed by atoms with Crippen molar-refractivity contribution in [2.45, 2.75) is 18.8 Å². The van der Waals surface area contributed by atoms with E-state index in [9.17, 15) is 4.39 Å². The van der Waals surface area contributed by atoms with E-state index in [0.29, 0.717) is 11.6 Å². The molecule has 0 radical (unpaired) electrons. The molecular weight excluding hydrogens is 251 g/mol. The van der Waals surface area contributed by atoms with Gasteiger partial charge in [0.15, 0.2) is 0 Å². The van der Waals surface area contributed by atoms with Gasteiger partial charge < -0.3 is 5.32 Å². The van der Waals surface area contributed by atoms with E-state index in [4.69, 9.17) is 0 Å². The van der Waals surface area contributed by atoms with Crippen molar-refractivity contribution in [2.75, 3.05) is 12.4 Å². The topological polar surface area (TPSA) is 24.9 Å². The Morgan fingerprint density at radius 1 is 1.25 bits per heavy atom. The second kappa shape index (κ2) is 5.45. The van der Waals surface area contributed by atoms with Crippen LogP contribution in [0.3, 0.4) is 0 Å². The maximum Gasteiger partial charge on any atom is 0.126 e. The zero-order valence-electron chi connectivity index (χ0n) is 11.4. The number of halogens is 1. The molecule has 0 unspecified atom stereocenters. The van der Waals surface area contributed by atoms with Gasteiger partial charge in [0.25, 0.3) is 0 Å². The van der Waals surface area contributed by atoms with Crippen molar-refractivity contribution in [1.29, 1.82) is 0 Å². The maximum atomic E-state index is 13.2. The summed E-state index contributed by atoms with van der Waals surface area (Å²) in [6.45, 7) is 0. The maximum absolute atomic E-state index is 13.2. The molecule has 0 amide bonds. The van der Waals surface area contributed by atoms with Crippen LogP contribution < -0.4 is 5.32 Å². The molecule has 1 aliphatic rings. The Bertz CT molecular complexity index is 645. The van der Waals surface area contributed by atoms with Gasteiger partial charge in [0, 0.05) is 24.5 Å². The van der Waals surface area contributed by atoms with E-state index in [1.165, 1.54) is 42.3 Å². The first-order valence-corrected chi connectivity index (χ1v) is 6.88. The van der Waals surface area contributed by atoms with Crippen molar-refractivity contribution in [1.82, 2.24) is 4.98 Å². The third-order valence-corrected chi connectivity index (χ3v) is 3.59. The summed E-state index contributed by atoms with van der Waals surface area (Å²) in [5.74, 6) is 0.410. The zero-order valence-corrected chi connectivity index (χ0v) is 11.4. The van der Waals surface area contributed by atoms with Gasteiger partial charge in [0.2, 0.25) is 0 Å². The summed E-state index contributed by atoms with van der Waals surface area (Å²) in [7, 11) is 1.92. The molecule has 2 nitrogen and oxygen atoms in total. The van der Waals surface area contributed by atoms with Crippen molar-refractivity contribution in [3.8, 4) is 0 Å². The second-order valence-corrected chi connectivity index (χ2v) is 5.07. The SMILES string of the molecule is CNc1cccc(C2CC2)c1/C=C/c1cc(F)ccn1. The van der Waals surface area contributed by atoms with Crippen LogP contribution in [-0.4, -0.2) is 12.0 Å². The molecule has 0 spiro atoms. The fourth-order valence-corrected chi connectivity index (χ4v) is 2.42. The highest BCUT2D eigenvalue weighted by Gasteiger charge is 2.26. The van der Waals surface area contributed by atoms with Gasteiger partial charge in [-0.1, -0.05) is 18.2 Å². The van der Waals surface area contributed by atoms with Crippen molar-refractivity contribution in [3.05, 3.63) is 59.2 Å². The van der Waals surface area contributed by atoms with Crippen molar-refractivity contribution in [3.63, 3.8) is 0 Å². The standard InChI is InChI=1S/C17H17FN2/c1-19-17-4-2-3-15(12-5-6-12)16(17)8-7-14-11-13(18)9-10-20-14/h2-4,7-12,19H,5-6H2,1H3/b8-7+. The first kappa shape index (κ1) is 12.9. The summed E-state index contributed by atoms with van der Waals surface area (Å²) in [4.78, 5) is 4.15. The largest absolute Gasteiger partial charge is 0.388 e. The predicted octanol–water partition coefficient (Wildman–Crippen LogP) is 4.31. The highest BCUT2D eigenvalue weighted by Crippen LogP contribution is 2.43. The van der Waals surface area contributed by atoms with E-state index in [1.807, 2.05) is 19.2 Å². The number of rotatable bonds is 4. The molecule has 1 fully saturated rings. The summed E-state index contributed by atoms with van der Waals surface area (Å²) in [6, 6.07) is 9.11. The molecule has 102 valence electrons. The molecule has 0 saturated heterocycles. The van der Waals surface area contributed by atoms with Crippen LogP contribution in [0.1, 0.15) is 35.6 Å². The third kappa shape index (κ3) is 2.72. The Balaban J connectivity index is 1.96. The van der Waals surface area contributed by atoms with E-state index in [1.54, 1.807) is 0 Å². The molecule has 1 heterocycles. The second-order valence-electron chi connectivity index (χ2n) is 5.07. The van der Waals surface area contributed by atoms with E-state index in [0.717, 1.165) is 5.69 Å². The Morgan fingerprint density at radius 3 is 2.80 bits per heavy atom. The van der Waals surface area contributed by atoms with Gasteiger partial charge in [-0.05, 0) is 48.6 Å². The van der Waals surface area contributed by atoms with E-state index in [-0.39, 0.29) is 5.82 Å². The minimum atomic E-state index is -0.260. The lowest BCUT2D eigenvalue weighted by Crippen LogP contribution is -1.95. The molecule has 3 rings (SSSR count). The van der Waals surface area contributed by atoms with Crippen LogP contribution >= 0.6 is 0 Å². The van der Waals surface area contributed by atoms with Gasteiger partial charge in [-0.15, -0.1) is 0 Å². The monoisotopic (exact) mass is 268 g/mol. The Kier molecular flexibility index (Phi) is 3.50. The Morgan fingerprint density at radius 2 is 2.10 bits per heavy atom. The molecule has 3 heteroatoms. The van der Waals surface area contributed by atoms with Crippen LogP contribution in [0.4, 0.5) is 10.1 Å². The number of benzene rings is 1. The molecule has 20 heavy (non-hydrogen) atoms. The zero-order chi connectivity index (χ0) is 13.9. The number of hydrogen-bond acceptors (Lipinski definition) is 2. The summed E-state index contributed by atoms with van der Waals surface area (Å²) >= 11 is 0. The van der Waals surface area contributed by atoms with Crippen molar-refractivity contribution < 1.29 is 4.39 Å². The molecular formula is C17H17FN2. The highest BCUT2D eigenvalue weighted by atomic mass is 19.1. The number of nitrogens with zero attached hydrogens (tertiary/aromatic N) is 1. The summed E-state index contributed by atoms with van der Waals surface area (Å²) in [5.41, 5.74) is 4.28. The van der Waals surface area contributed by atoms with Gasteiger partial charge in [0.1, 0.15) is 5.82 Å². The number of hydrogen-bond donors (Lipinski definition) is 1. The number of aromatic nitrogens is 1. The first-order chi connectivity index (χ1) is 9.78. The third-order valence-electron chi connectivity index (χ3n) is 3.59. The quantitative estimate of drug-likeness (QED) is 0.893. The smallest absolute Gasteiger partial charge is 0.126 e. The van der Waals surface area contributed by atoms with Crippen LogP contribution in [0.25, 0.3) is 12.2 Å². The number of nitrogens with one attached hydrogen (secondary N) is 1. The molecule has 1 aliphatic carbocycles. The molecule has 1 aromatic carbocycles. The average molecular weight is 268 g/mol. The van der Waals surface area contributed by atoms with Gasteiger partial charge >= 0.3 is 0 Å². The van der Waals surface area contributed by atoms with Crippen LogP contribution in [0.15, 0.2) is 36.5 Å². The predicted molar refractivity (Wildman–Crippen MR) is 81.1 cm³/mol. The Labute approximate surface area is 118 Å². The minimum Gasteiger partial charge on any atom is -0.388 e. The van der Waals surface area contributed by atoms with Gasteiger partial charge in [0.05, 0.1) is 5.69 Å². The van der Waals surface area contributed by atoms with E-state index in [2.05, 4.69) is 28.5 Å². The lowest BCUT2D eigenvalue weighted by Gasteiger charge is -2.10. The molecule has 0 atom stereocenters. The lowest BCUT2D eigenvalue weighted by molar-refractivity contribution is 0.625. The minimum absolute atomic E-state index is 0.260. The first-order valence-electron chi connectivity index (χ1n) is 6.88. The van der Waals surface area contributed by atoms with Gasteiger partial charge in [-0.3, -0.25) is 4.98 Å². The number of pyridine rings is 1. The number of anilines is 1. The molecule has 0 aliphatic heterocycles. The Hall–Kier alpha value is -2.16. The molecule has 1 N–H and O–H groups in total. The normalized spacial score (nSPS) is 14.7. The summed E-state index contributed by atoms with van der Waals surface area (Å²) in [6.07, 6.45) is 7.89. The molecule has 1 saturated carbocycles. The van der Waals surface area contributed by atoms with Crippen LogP contribution in [0, 0.1) is 5.82 Å². The van der Waals surface area contributed by atoms with Crippen molar-refractivity contribution in [2.24, 2.45) is 0 Å².